The molecule has 0 aromatic carbocycles. The van der Waals surface area contributed by atoms with Crippen LogP contribution >= 0.6 is 0 Å². The first kappa shape index (κ1) is 22.3. The highest BCUT2D eigenvalue weighted by Crippen LogP contribution is 2.29. The fraction of sp³-hybridized carbons (Fsp3) is 0.208. The van der Waals surface area contributed by atoms with Gasteiger partial charge in [0.15, 0.2) is 11.6 Å². The molecule has 0 aliphatic carbocycles. The molecule has 1 unspecified atom stereocenters. The van der Waals surface area contributed by atoms with E-state index >= 15 is 4.39 Å². The lowest BCUT2D eigenvalue weighted by atomic mass is 10.1. The number of pyridine rings is 2. The molecule has 0 aliphatic heterocycles. The van der Waals surface area contributed by atoms with Crippen LogP contribution < -0.4 is 10.1 Å². The number of halogens is 1. The van der Waals surface area contributed by atoms with Gasteiger partial charge in [-0.1, -0.05) is 6.07 Å². The third kappa shape index (κ3) is 5.18. The van der Waals surface area contributed by atoms with Crippen molar-refractivity contribution in [3.8, 4) is 17.0 Å². The monoisotopic (exact) mass is 474 g/mol. The molecule has 35 heavy (non-hydrogen) atoms. The Hall–Kier alpha value is -4.54. The molecule has 10 nitrogen and oxygen atoms in total. The summed E-state index contributed by atoms with van der Waals surface area (Å²) in [5, 5.41) is 15.4. The van der Waals surface area contributed by atoms with Crippen molar-refractivity contribution >= 4 is 17.2 Å². The van der Waals surface area contributed by atoms with Gasteiger partial charge in [0.2, 0.25) is 5.91 Å². The van der Waals surface area contributed by atoms with Crippen LogP contribution in [0.2, 0.25) is 0 Å². The SMILES string of the molecule is CC(=O)Nc1cc2c(-c3cnc(OC(CCn4cccn4)Cn4cccn4)c(F)c3)cccn2n1. The van der Waals surface area contributed by atoms with Crippen LogP contribution in [0.15, 0.2) is 73.6 Å². The molecule has 5 rings (SSSR count). The van der Waals surface area contributed by atoms with Crippen molar-refractivity contribution in [1.82, 2.24) is 34.2 Å². The second kappa shape index (κ2) is 9.75. The molecule has 11 heteroatoms. The van der Waals surface area contributed by atoms with Crippen LogP contribution in [0.3, 0.4) is 0 Å². The van der Waals surface area contributed by atoms with Crippen molar-refractivity contribution in [3.63, 3.8) is 0 Å². The number of nitrogens with zero attached hydrogens (tertiary/aromatic N) is 7. The Balaban J connectivity index is 1.38. The smallest absolute Gasteiger partial charge is 0.250 e. The summed E-state index contributed by atoms with van der Waals surface area (Å²) in [7, 11) is 0. The Labute approximate surface area is 200 Å². The maximum absolute atomic E-state index is 15.2. The first-order valence-electron chi connectivity index (χ1n) is 11.1. The molecule has 0 bridgehead atoms. The number of hydrogen-bond acceptors (Lipinski definition) is 6. The van der Waals surface area contributed by atoms with Gasteiger partial charge in [-0.25, -0.2) is 13.9 Å². The maximum Gasteiger partial charge on any atom is 0.250 e. The second-order valence-electron chi connectivity index (χ2n) is 8.00. The van der Waals surface area contributed by atoms with Crippen LogP contribution in [-0.4, -0.2) is 46.2 Å². The molecule has 5 heterocycles. The summed E-state index contributed by atoms with van der Waals surface area (Å²) in [6.07, 6.45) is 10.6. The van der Waals surface area contributed by atoms with E-state index in [1.165, 1.54) is 13.0 Å². The molecule has 178 valence electrons. The summed E-state index contributed by atoms with van der Waals surface area (Å²) in [6.45, 7) is 2.47. The van der Waals surface area contributed by atoms with Crippen molar-refractivity contribution in [3.05, 3.63) is 79.4 Å². The van der Waals surface area contributed by atoms with E-state index in [9.17, 15) is 4.79 Å². The van der Waals surface area contributed by atoms with E-state index in [0.717, 1.165) is 5.56 Å². The molecule has 1 atom stereocenters. The minimum Gasteiger partial charge on any atom is -0.470 e. The van der Waals surface area contributed by atoms with Gasteiger partial charge in [-0.15, -0.1) is 0 Å². The van der Waals surface area contributed by atoms with E-state index in [0.29, 0.717) is 36.4 Å². The quantitative estimate of drug-likeness (QED) is 0.351. The van der Waals surface area contributed by atoms with E-state index < -0.39 is 5.82 Å². The zero-order valence-corrected chi connectivity index (χ0v) is 19.0. The second-order valence-corrected chi connectivity index (χ2v) is 8.00. The van der Waals surface area contributed by atoms with Crippen LogP contribution in [0.4, 0.5) is 10.2 Å². The topological polar surface area (TPSA) is 104 Å². The molecular formula is C24H23FN8O2. The van der Waals surface area contributed by atoms with Crippen molar-refractivity contribution in [2.45, 2.75) is 32.5 Å². The molecule has 0 spiro atoms. The largest absolute Gasteiger partial charge is 0.470 e. The highest BCUT2D eigenvalue weighted by molar-refractivity contribution is 5.90. The predicted molar refractivity (Wildman–Crippen MR) is 126 cm³/mol. The average molecular weight is 475 g/mol. The molecule has 1 amide bonds. The summed E-state index contributed by atoms with van der Waals surface area (Å²) in [4.78, 5) is 15.7. The third-order valence-electron chi connectivity index (χ3n) is 5.39. The van der Waals surface area contributed by atoms with Crippen molar-refractivity contribution in [1.29, 1.82) is 0 Å². The van der Waals surface area contributed by atoms with Gasteiger partial charge in [-0.2, -0.15) is 15.3 Å². The molecule has 1 N–H and O–H groups in total. The number of fused-ring (bicyclic) bond motifs is 1. The van der Waals surface area contributed by atoms with E-state index in [4.69, 9.17) is 4.74 Å². The first-order chi connectivity index (χ1) is 17.0. The molecule has 5 aromatic heterocycles. The standard InChI is InChI=1S/C24H23FN8O2/c1-17(34)29-23-14-22-20(5-2-11-33(22)30-23)18-13-21(25)24(26-15-18)35-19(16-32-10-4-8-28-32)6-12-31-9-3-7-27-31/h2-5,7-11,13-15,19H,6,12,16H2,1H3,(H,29,30,34). The minimum atomic E-state index is -0.573. The first-order valence-corrected chi connectivity index (χ1v) is 11.1. The van der Waals surface area contributed by atoms with Gasteiger partial charge in [0.1, 0.15) is 6.10 Å². The Kier molecular flexibility index (Phi) is 6.20. The highest BCUT2D eigenvalue weighted by Gasteiger charge is 2.18. The summed E-state index contributed by atoms with van der Waals surface area (Å²) in [5.74, 6) is -0.459. The number of amides is 1. The summed E-state index contributed by atoms with van der Waals surface area (Å²) in [5.41, 5.74) is 2.00. The molecule has 0 saturated carbocycles. The lowest BCUT2D eigenvalue weighted by Crippen LogP contribution is -2.26. The van der Waals surface area contributed by atoms with Gasteiger partial charge in [0.05, 0.1) is 12.1 Å². The number of aryl methyl sites for hydroxylation is 1. The molecule has 0 fully saturated rings. The number of nitrogens with one attached hydrogen (secondary N) is 1. The summed E-state index contributed by atoms with van der Waals surface area (Å²) in [6, 6.07) is 10.4. The number of aromatic nitrogens is 7. The number of anilines is 1. The van der Waals surface area contributed by atoms with Gasteiger partial charge in [-0.05, 0) is 24.3 Å². The maximum atomic E-state index is 15.2. The van der Waals surface area contributed by atoms with E-state index in [1.54, 1.807) is 50.8 Å². The summed E-state index contributed by atoms with van der Waals surface area (Å²) < 4.78 is 26.3. The number of carbonyl (C=O) groups is 1. The molecule has 0 radical (unpaired) electrons. The Morgan fingerprint density at radius 1 is 1.11 bits per heavy atom. The minimum absolute atomic E-state index is 0.0780. The molecule has 5 aromatic rings. The number of ether oxygens (including phenoxy) is 1. The van der Waals surface area contributed by atoms with Gasteiger partial charge in [0, 0.05) is 74.3 Å². The van der Waals surface area contributed by atoms with E-state index in [2.05, 4.69) is 25.6 Å². The lowest BCUT2D eigenvalue weighted by molar-refractivity contribution is -0.114. The van der Waals surface area contributed by atoms with Crippen LogP contribution in [-0.2, 0) is 17.9 Å². The normalized spacial score (nSPS) is 12.1. The van der Waals surface area contributed by atoms with Gasteiger partial charge in [0.25, 0.3) is 5.88 Å². The van der Waals surface area contributed by atoms with E-state index in [-0.39, 0.29) is 17.9 Å². The van der Waals surface area contributed by atoms with E-state index in [1.807, 2.05) is 30.6 Å². The number of carbonyl (C=O) groups excluding carboxylic acids is 1. The van der Waals surface area contributed by atoms with Crippen molar-refractivity contribution in [2.24, 2.45) is 0 Å². The highest BCUT2D eigenvalue weighted by atomic mass is 19.1. The Morgan fingerprint density at radius 3 is 2.63 bits per heavy atom. The zero-order chi connectivity index (χ0) is 24.2. The number of hydrogen-bond donors (Lipinski definition) is 1. The van der Waals surface area contributed by atoms with Gasteiger partial charge >= 0.3 is 0 Å². The van der Waals surface area contributed by atoms with Crippen LogP contribution in [0.1, 0.15) is 13.3 Å². The fourth-order valence-corrected chi connectivity index (χ4v) is 3.83. The van der Waals surface area contributed by atoms with Crippen LogP contribution in [0, 0.1) is 5.82 Å². The molecular weight excluding hydrogens is 451 g/mol. The van der Waals surface area contributed by atoms with Gasteiger partial charge in [-0.3, -0.25) is 14.2 Å². The lowest BCUT2D eigenvalue weighted by Gasteiger charge is -2.19. The number of rotatable bonds is 9. The third-order valence-corrected chi connectivity index (χ3v) is 5.39. The Morgan fingerprint density at radius 2 is 1.91 bits per heavy atom. The summed E-state index contributed by atoms with van der Waals surface area (Å²) >= 11 is 0. The average Bonchev–Trinajstić information content (AvgIpc) is 3.60. The van der Waals surface area contributed by atoms with Crippen LogP contribution in [0.5, 0.6) is 5.88 Å². The Bertz CT molecular complexity index is 1430. The molecule has 0 aliphatic rings. The van der Waals surface area contributed by atoms with Crippen molar-refractivity contribution in [2.75, 3.05) is 5.32 Å². The predicted octanol–water partition coefficient (Wildman–Crippen LogP) is 3.42. The zero-order valence-electron chi connectivity index (χ0n) is 19.0. The van der Waals surface area contributed by atoms with Crippen LogP contribution in [0.25, 0.3) is 16.6 Å². The van der Waals surface area contributed by atoms with Gasteiger partial charge < -0.3 is 10.1 Å². The fourth-order valence-electron chi connectivity index (χ4n) is 3.83. The van der Waals surface area contributed by atoms with Crippen molar-refractivity contribution < 1.29 is 13.9 Å². The molecule has 0 saturated heterocycles.